The summed E-state index contributed by atoms with van der Waals surface area (Å²) < 4.78 is 27.9. The van der Waals surface area contributed by atoms with Crippen molar-refractivity contribution in [1.82, 2.24) is 0 Å². The summed E-state index contributed by atoms with van der Waals surface area (Å²) in [4.78, 5) is 0. The van der Waals surface area contributed by atoms with Gasteiger partial charge in [-0.2, -0.15) is 8.78 Å². The van der Waals surface area contributed by atoms with Crippen LogP contribution in [0.5, 0.6) is 5.75 Å². The van der Waals surface area contributed by atoms with Gasteiger partial charge in [-0.15, -0.1) is 0 Å². The maximum absolute atomic E-state index is 11.9. The van der Waals surface area contributed by atoms with Crippen LogP contribution >= 0.6 is 23.2 Å². The van der Waals surface area contributed by atoms with Crippen molar-refractivity contribution >= 4 is 23.2 Å². The molecule has 0 saturated heterocycles. The van der Waals surface area contributed by atoms with Crippen LogP contribution in [-0.4, -0.2) is 11.7 Å². The van der Waals surface area contributed by atoms with Gasteiger partial charge in [0, 0.05) is 5.56 Å². The Morgan fingerprint density at radius 1 is 1.36 bits per heavy atom. The van der Waals surface area contributed by atoms with E-state index < -0.39 is 13.2 Å². The summed E-state index contributed by atoms with van der Waals surface area (Å²) in [5.74, 6) is -0.170. The summed E-state index contributed by atoms with van der Waals surface area (Å²) in [5.41, 5.74) is 0.0551. The number of hydrogen-bond donors (Lipinski definition) is 1. The predicted molar refractivity (Wildman–Crippen MR) is 49.0 cm³/mol. The molecule has 1 aromatic carbocycles. The highest BCUT2D eigenvalue weighted by Gasteiger charge is 2.14. The molecule has 0 bridgehead atoms. The fourth-order valence-electron chi connectivity index (χ4n) is 0.929. The van der Waals surface area contributed by atoms with Gasteiger partial charge in [0.15, 0.2) is 0 Å². The van der Waals surface area contributed by atoms with Gasteiger partial charge in [-0.25, -0.2) is 0 Å². The van der Waals surface area contributed by atoms with E-state index in [2.05, 4.69) is 4.74 Å². The molecule has 1 aromatic rings. The van der Waals surface area contributed by atoms with Crippen LogP contribution in [0.25, 0.3) is 0 Å². The molecule has 0 aliphatic carbocycles. The fourth-order valence-corrected chi connectivity index (χ4v) is 1.32. The quantitative estimate of drug-likeness (QED) is 0.883. The van der Waals surface area contributed by atoms with Crippen molar-refractivity contribution in [2.75, 3.05) is 0 Å². The van der Waals surface area contributed by atoms with E-state index in [4.69, 9.17) is 28.3 Å². The third kappa shape index (κ3) is 2.47. The lowest BCUT2D eigenvalue weighted by atomic mass is 10.2. The van der Waals surface area contributed by atoms with Crippen molar-refractivity contribution in [2.24, 2.45) is 0 Å². The Hall–Kier alpha value is -0.580. The van der Waals surface area contributed by atoms with Crippen LogP contribution in [-0.2, 0) is 6.61 Å². The first-order valence-corrected chi connectivity index (χ1v) is 4.34. The minimum atomic E-state index is -2.96. The number of benzene rings is 1. The lowest BCUT2D eigenvalue weighted by molar-refractivity contribution is -0.0509. The van der Waals surface area contributed by atoms with Crippen molar-refractivity contribution < 1.29 is 18.6 Å². The molecule has 1 rings (SSSR count). The zero-order valence-corrected chi connectivity index (χ0v) is 8.32. The molecular formula is C8H6Cl2F2O2. The van der Waals surface area contributed by atoms with Gasteiger partial charge in [0.25, 0.3) is 0 Å². The number of halogens is 4. The molecule has 0 unspecified atom stereocenters. The van der Waals surface area contributed by atoms with Crippen molar-refractivity contribution in [1.29, 1.82) is 0 Å². The number of aliphatic hydroxyl groups is 1. The van der Waals surface area contributed by atoms with Crippen LogP contribution < -0.4 is 4.74 Å². The smallest absolute Gasteiger partial charge is 0.387 e. The molecule has 0 aromatic heterocycles. The maximum atomic E-state index is 11.9. The summed E-state index contributed by atoms with van der Waals surface area (Å²) in [5, 5.41) is 9.07. The Balaban J connectivity index is 3.10. The van der Waals surface area contributed by atoms with Gasteiger partial charge >= 0.3 is 6.61 Å². The van der Waals surface area contributed by atoms with Crippen LogP contribution in [0.2, 0.25) is 10.0 Å². The summed E-state index contributed by atoms with van der Waals surface area (Å²) in [6, 6.07) is 2.55. The summed E-state index contributed by atoms with van der Waals surface area (Å²) in [6.07, 6.45) is 0. The molecule has 0 amide bonds. The molecule has 0 radical (unpaired) electrons. The molecule has 0 heterocycles. The van der Waals surface area contributed by atoms with Crippen LogP contribution in [0.3, 0.4) is 0 Å². The average Bonchev–Trinajstić information content (AvgIpc) is 2.11. The Bertz CT molecular complexity index is 331. The number of aliphatic hydroxyl groups excluding tert-OH is 1. The van der Waals surface area contributed by atoms with E-state index in [0.717, 1.165) is 0 Å². The Labute approximate surface area is 89.0 Å². The van der Waals surface area contributed by atoms with E-state index in [1.165, 1.54) is 12.1 Å². The van der Waals surface area contributed by atoms with Gasteiger partial charge in [0.1, 0.15) is 5.75 Å². The molecule has 1 N–H and O–H groups in total. The molecule has 0 spiro atoms. The molecule has 2 nitrogen and oxygen atoms in total. The highest BCUT2D eigenvalue weighted by Crippen LogP contribution is 2.33. The first kappa shape index (κ1) is 11.5. The number of rotatable bonds is 3. The van der Waals surface area contributed by atoms with Gasteiger partial charge in [-0.05, 0) is 12.1 Å². The van der Waals surface area contributed by atoms with Crippen molar-refractivity contribution in [3.05, 3.63) is 27.7 Å². The zero-order chi connectivity index (χ0) is 10.7. The molecule has 14 heavy (non-hydrogen) atoms. The van der Waals surface area contributed by atoms with E-state index >= 15 is 0 Å². The molecule has 0 aliphatic rings. The highest BCUT2D eigenvalue weighted by molar-refractivity contribution is 6.42. The van der Waals surface area contributed by atoms with E-state index in [1.807, 2.05) is 0 Å². The SMILES string of the molecule is OCc1c(OC(F)F)ccc(Cl)c1Cl. The van der Waals surface area contributed by atoms with E-state index in [9.17, 15) is 8.78 Å². The summed E-state index contributed by atoms with van der Waals surface area (Å²) in [6.45, 7) is -3.47. The Morgan fingerprint density at radius 3 is 2.50 bits per heavy atom. The van der Waals surface area contributed by atoms with Crippen LogP contribution in [0, 0.1) is 0 Å². The van der Waals surface area contributed by atoms with Crippen LogP contribution in [0.4, 0.5) is 8.78 Å². The lowest BCUT2D eigenvalue weighted by Gasteiger charge is -2.10. The lowest BCUT2D eigenvalue weighted by Crippen LogP contribution is -2.05. The van der Waals surface area contributed by atoms with Crippen LogP contribution in [0.1, 0.15) is 5.56 Å². The van der Waals surface area contributed by atoms with Crippen molar-refractivity contribution in [3.8, 4) is 5.75 Å². The first-order valence-electron chi connectivity index (χ1n) is 3.58. The van der Waals surface area contributed by atoms with E-state index in [0.29, 0.717) is 0 Å². The van der Waals surface area contributed by atoms with Gasteiger partial charge in [-0.1, -0.05) is 23.2 Å². The molecule has 0 atom stereocenters. The highest BCUT2D eigenvalue weighted by atomic mass is 35.5. The standard InChI is InChI=1S/C8H6Cl2F2O2/c9-5-1-2-6(14-8(11)12)4(3-13)7(5)10/h1-2,8,13H,3H2. The van der Waals surface area contributed by atoms with Gasteiger partial charge in [-0.3, -0.25) is 0 Å². The summed E-state index contributed by atoms with van der Waals surface area (Å²) in [7, 11) is 0. The second kappa shape index (κ2) is 4.77. The monoisotopic (exact) mass is 242 g/mol. The van der Waals surface area contributed by atoms with Gasteiger partial charge in [0.05, 0.1) is 16.7 Å². The van der Waals surface area contributed by atoms with E-state index in [1.54, 1.807) is 0 Å². The second-order valence-corrected chi connectivity index (χ2v) is 3.16. The maximum Gasteiger partial charge on any atom is 0.387 e. The second-order valence-electron chi connectivity index (χ2n) is 2.37. The Kier molecular flexibility index (Phi) is 3.92. The zero-order valence-electron chi connectivity index (χ0n) is 6.81. The molecule has 6 heteroatoms. The number of alkyl halides is 2. The van der Waals surface area contributed by atoms with Gasteiger partial charge in [0.2, 0.25) is 0 Å². The number of hydrogen-bond acceptors (Lipinski definition) is 2. The largest absolute Gasteiger partial charge is 0.434 e. The minimum absolute atomic E-state index is 0.0207. The fraction of sp³-hybridized carbons (Fsp3) is 0.250. The summed E-state index contributed by atoms with van der Waals surface area (Å²) >= 11 is 11.3. The molecule has 0 saturated carbocycles. The van der Waals surface area contributed by atoms with Crippen molar-refractivity contribution in [3.63, 3.8) is 0 Å². The van der Waals surface area contributed by atoms with Crippen molar-refractivity contribution in [2.45, 2.75) is 13.2 Å². The molecular weight excluding hydrogens is 237 g/mol. The molecule has 0 aliphatic heterocycles. The normalized spacial score (nSPS) is 10.7. The van der Waals surface area contributed by atoms with Gasteiger partial charge < -0.3 is 9.84 Å². The number of ether oxygens (including phenoxy) is 1. The average molecular weight is 243 g/mol. The topological polar surface area (TPSA) is 29.5 Å². The van der Waals surface area contributed by atoms with E-state index in [-0.39, 0.29) is 21.4 Å². The molecule has 0 fully saturated rings. The molecule has 78 valence electrons. The third-order valence-electron chi connectivity index (χ3n) is 1.53. The van der Waals surface area contributed by atoms with Crippen LogP contribution in [0.15, 0.2) is 12.1 Å². The first-order chi connectivity index (χ1) is 6.56. The minimum Gasteiger partial charge on any atom is -0.434 e. The predicted octanol–water partition coefficient (Wildman–Crippen LogP) is 3.09. The third-order valence-corrected chi connectivity index (χ3v) is 2.37. The Morgan fingerprint density at radius 2 is 2.00 bits per heavy atom.